The van der Waals surface area contributed by atoms with Crippen LogP contribution in [0.4, 0.5) is 5.69 Å². The van der Waals surface area contributed by atoms with E-state index in [-0.39, 0.29) is 11.7 Å². The molecular weight excluding hydrogens is 252 g/mol. The molecule has 0 aliphatic carbocycles. The van der Waals surface area contributed by atoms with Crippen molar-refractivity contribution in [1.82, 2.24) is 4.98 Å². The highest BCUT2D eigenvalue weighted by Crippen LogP contribution is 2.19. The van der Waals surface area contributed by atoms with Gasteiger partial charge in [0.25, 0.3) is 5.91 Å². The summed E-state index contributed by atoms with van der Waals surface area (Å²) in [5, 5.41) is 12.0. The quantitative estimate of drug-likeness (QED) is 0.887. The lowest BCUT2D eigenvalue weighted by molar-refractivity contribution is 0.0995. The molecule has 1 heterocycles. The van der Waals surface area contributed by atoms with Crippen molar-refractivity contribution in [3.8, 4) is 6.07 Å². The zero-order valence-electron chi connectivity index (χ0n) is 11.0. The second kappa shape index (κ2) is 5.85. The summed E-state index contributed by atoms with van der Waals surface area (Å²) in [6, 6.07) is 12.8. The lowest BCUT2D eigenvalue weighted by Crippen LogP contribution is -2.14. The third-order valence-electron chi connectivity index (χ3n) is 2.94. The van der Waals surface area contributed by atoms with Crippen molar-refractivity contribution in [2.45, 2.75) is 13.0 Å². The van der Waals surface area contributed by atoms with Crippen LogP contribution in [0.5, 0.6) is 0 Å². The highest BCUT2D eigenvalue weighted by molar-refractivity contribution is 5.91. The maximum absolute atomic E-state index is 11.1. The molecule has 1 atom stereocenters. The molecule has 1 aromatic carbocycles. The number of pyridine rings is 1. The average molecular weight is 266 g/mol. The number of anilines is 1. The zero-order valence-corrected chi connectivity index (χ0v) is 11.0. The Morgan fingerprint density at radius 1 is 1.35 bits per heavy atom. The second-order valence-corrected chi connectivity index (χ2v) is 4.39. The molecule has 0 spiro atoms. The van der Waals surface area contributed by atoms with Crippen LogP contribution in [0, 0.1) is 11.3 Å². The number of rotatable bonds is 4. The molecule has 0 saturated heterocycles. The number of nitrogens with one attached hydrogen (secondary N) is 1. The fourth-order valence-electron chi connectivity index (χ4n) is 1.83. The van der Waals surface area contributed by atoms with Gasteiger partial charge in [-0.1, -0.05) is 12.1 Å². The number of primary amides is 1. The van der Waals surface area contributed by atoms with Crippen molar-refractivity contribution in [2.24, 2.45) is 5.73 Å². The molecule has 0 saturated carbocycles. The van der Waals surface area contributed by atoms with Crippen molar-refractivity contribution < 1.29 is 4.79 Å². The van der Waals surface area contributed by atoms with Crippen LogP contribution in [0.2, 0.25) is 0 Å². The predicted octanol–water partition coefficient (Wildman–Crippen LogP) is 2.23. The van der Waals surface area contributed by atoms with E-state index in [1.807, 2.05) is 19.1 Å². The van der Waals surface area contributed by atoms with Crippen LogP contribution < -0.4 is 11.1 Å². The largest absolute Gasteiger partial charge is 0.378 e. The predicted molar refractivity (Wildman–Crippen MR) is 75.9 cm³/mol. The van der Waals surface area contributed by atoms with Crippen molar-refractivity contribution >= 4 is 11.6 Å². The van der Waals surface area contributed by atoms with Gasteiger partial charge in [-0.3, -0.25) is 9.78 Å². The minimum Gasteiger partial charge on any atom is -0.378 e. The Labute approximate surface area is 117 Å². The number of hydrogen-bond acceptors (Lipinski definition) is 4. The fourth-order valence-corrected chi connectivity index (χ4v) is 1.83. The van der Waals surface area contributed by atoms with Gasteiger partial charge in [0.05, 0.1) is 11.6 Å². The van der Waals surface area contributed by atoms with E-state index in [0.717, 1.165) is 11.3 Å². The van der Waals surface area contributed by atoms with E-state index in [9.17, 15) is 4.79 Å². The minimum absolute atomic E-state index is 0.0332. The van der Waals surface area contributed by atoms with E-state index < -0.39 is 5.91 Å². The van der Waals surface area contributed by atoms with Gasteiger partial charge in [-0.15, -0.1) is 0 Å². The molecule has 0 aliphatic rings. The van der Waals surface area contributed by atoms with Crippen molar-refractivity contribution in [3.05, 3.63) is 59.4 Å². The summed E-state index contributed by atoms with van der Waals surface area (Å²) >= 11 is 0. The summed E-state index contributed by atoms with van der Waals surface area (Å²) in [6.07, 6.45) is 1.54. The van der Waals surface area contributed by atoms with Gasteiger partial charge in [0, 0.05) is 17.9 Å². The molecule has 5 nitrogen and oxygen atoms in total. The molecular formula is C15H14N4O. The van der Waals surface area contributed by atoms with Gasteiger partial charge in [-0.05, 0) is 36.8 Å². The average Bonchev–Trinajstić information content (AvgIpc) is 2.47. The third kappa shape index (κ3) is 3.12. The Hall–Kier alpha value is -2.87. The van der Waals surface area contributed by atoms with Gasteiger partial charge in [-0.25, -0.2) is 0 Å². The van der Waals surface area contributed by atoms with E-state index in [4.69, 9.17) is 11.0 Å². The monoisotopic (exact) mass is 266 g/mol. The van der Waals surface area contributed by atoms with Crippen molar-refractivity contribution in [2.75, 3.05) is 5.32 Å². The molecule has 2 aromatic rings. The first-order valence-corrected chi connectivity index (χ1v) is 6.12. The smallest absolute Gasteiger partial charge is 0.267 e. The molecule has 1 unspecified atom stereocenters. The first-order chi connectivity index (χ1) is 9.60. The van der Waals surface area contributed by atoms with Gasteiger partial charge < -0.3 is 11.1 Å². The van der Waals surface area contributed by atoms with Crippen molar-refractivity contribution in [1.29, 1.82) is 5.26 Å². The number of nitriles is 1. The van der Waals surface area contributed by atoms with Crippen LogP contribution >= 0.6 is 0 Å². The number of carbonyl (C=O) groups excluding carboxylic acids is 1. The highest BCUT2D eigenvalue weighted by atomic mass is 16.1. The van der Waals surface area contributed by atoms with Crippen LogP contribution in [0.3, 0.4) is 0 Å². The Morgan fingerprint density at radius 3 is 2.65 bits per heavy atom. The summed E-state index contributed by atoms with van der Waals surface area (Å²) < 4.78 is 0. The summed E-state index contributed by atoms with van der Waals surface area (Å²) in [7, 11) is 0. The molecule has 0 aliphatic heterocycles. The van der Waals surface area contributed by atoms with E-state index in [1.54, 1.807) is 24.3 Å². The van der Waals surface area contributed by atoms with Gasteiger partial charge >= 0.3 is 0 Å². The van der Waals surface area contributed by atoms with Gasteiger partial charge in [0.15, 0.2) is 0 Å². The molecule has 0 bridgehead atoms. The maximum Gasteiger partial charge on any atom is 0.267 e. The SMILES string of the molecule is CC(Nc1ccnc(C(N)=O)c1)c1ccc(C#N)cc1. The number of nitrogens with two attached hydrogens (primary N) is 1. The molecule has 1 aromatic heterocycles. The molecule has 2 rings (SSSR count). The lowest BCUT2D eigenvalue weighted by atomic mass is 10.1. The number of benzene rings is 1. The highest BCUT2D eigenvalue weighted by Gasteiger charge is 2.07. The Kier molecular flexibility index (Phi) is 3.96. The van der Waals surface area contributed by atoms with Crippen LogP contribution in [0.1, 0.15) is 34.6 Å². The molecule has 0 fully saturated rings. The Balaban J connectivity index is 2.14. The summed E-state index contributed by atoms with van der Waals surface area (Å²) in [6.45, 7) is 1.99. The maximum atomic E-state index is 11.1. The van der Waals surface area contributed by atoms with E-state index in [0.29, 0.717) is 5.56 Å². The van der Waals surface area contributed by atoms with E-state index in [2.05, 4.69) is 16.4 Å². The number of carbonyl (C=O) groups is 1. The molecule has 3 N–H and O–H groups in total. The molecule has 0 radical (unpaired) electrons. The first kappa shape index (κ1) is 13.6. The topological polar surface area (TPSA) is 91.8 Å². The second-order valence-electron chi connectivity index (χ2n) is 4.39. The zero-order chi connectivity index (χ0) is 14.5. The fraction of sp³-hybridized carbons (Fsp3) is 0.133. The first-order valence-electron chi connectivity index (χ1n) is 6.12. The van der Waals surface area contributed by atoms with E-state index in [1.165, 1.54) is 6.20 Å². The number of nitrogens with zero attached hydrogens (tertiary/aromatic N) is 2. The number of hydrogen-bond donors (Lipinski definition) is 2. The van der Waals surface area contributed by atoms with Gasteiger partial charge in [-0.2, -0.15) is 5.26 Å². The van der Waals surface area contributed by atoms with E-state index >= 15 is 0 Å². The summed E-state index contributed by atoms with van der Waals surface area (Å²) in [5.41, 5.74) is 7.86. The number of amides is 1. The standard InChI is InChI=1S/C15H14N4O/c1-10(12-4-2-11(9-16)3-5-12)19-13-6-7-18-14(8-13)15(17)20/h2-8,10H,1H3,(H2,17,20)(H,18,19). The summed E-state index contributed by atoms with van der Waals surface area (Å²) in [5.74, 6) is -0.556. The van der Waals surface area contributed by atoms with Gasteiger partial charge in [0.1, 0.15) is 5.69 Å². The van der Waals surface area contributed by atoms with Crippen LogP contribution in [-0.4, -0.2) is 10.9 Å². The third-order valence-corrected chi connectivity index (χ3v) is 2.94. The molecule has 20 heavy (non-hydrogen) atoms. The van der Waals surface area contributed by atoms with Crippen LogP contribution in [0.25, 0.3) is 0 Å². The lowest BCUT2D eigenvalue weighted by Gasteiger charge is -2.16. The van der Waals surface area contributed by atoms with Crippen LogP contribution in [0.15, 0.2) is 42.6 Å². The molecule has 1 amide bonds. The molecule has 5 heteroatoms. The van der Waals surface area contributed by atoms with Crippen molar-refractivity contribution in [3.63, 3.8) is 0 Å². The Morgan fingerprint density at radius 2 is 2.05 bits per heavy atom. The summed E-state index contributed by atoms with van der Waals surface area (Å²) in [4.78, 5) is 15.0. The normalized spacial score (nSPS) is 11.4. The number of aromatic nitrogens is 1. The van der Waals surface area contributed by atoms with Gasteiger partial charge in [0.2, 0.25) is 0 Å². The minimum atomic E-state index is -0.556. The van der Waals surface area contributed by atoms with Crippen LogP contribution in [-0.2, 0) is 0 Å². The molecule has 100 valence electrons. The Bertz CT molecular complexity index is 658.